The van der Waals surface area contributed by atoms with E-state index in [-0.39, 0.29) is 6.04 Å². The Morgan fingerprint density at radius 2 is 2.06 bits per heavy atom. The van der Waals surface area contributed by atoms with Crippen LogP contribution in [0, 0.1) is 0 Å². The van der Waals surface area contributed by atoms with E-state index in [0.29, 0.717) is 18.4 Å². The Labute approximate surface area is 104 Å². The van der Waals surface area contributed by atoms with E-state index in [1.54, 1.807) is 0 Å². The maximum absolute atomic E-state index is 9.68. The molecule has 2 heterocycles. The van der Waals surface area contributed by atoms with E-state index in [1.807, 2.05) is 6.92 Å². The molecule has 0 amide bonds. The molecule has 2 aliphatic rings. The quantitative estimate of drug-likeness (QED) is 0.838. The lowest BCUT2D eigenvalue weighted by Crippen LogP contribution is -2.48. The van der Waals surface area contributed by atoms with Crippen LogP contribution in [0.3, 0.4) is 0 Å². The highest BCUT2D eigenvalue weighted by atomic mass is 35.5. The van der Waals surface area contributed by atoms with Crippen LogP contribution in [0.1, 0.15) is 30.9 Å². The van der Waals surface area contributed by atoms with Crippen molar-refractivity contribution in [1.82, 2.24) is 10.2 Å². The molecule has 3 rings (SSSR count). The van der Waals surface area contributed by atoms with Crippen molar-refractivity contribution in [2.45, 2.75) is 44.6 Å². The van der Waals surface area contributed by atoms with Crippen LogP contribution >= 0.6 is 11.6 Å². The molecule has 0 atom stereocenters. The first-order valence-electron chi connectivity index (χ1n) is 5.66. The molecule has 92 valence electrons. The Morgan fingerprint density at radius 3 is 2.76 bits per heavy atom. The Morgan fingerprint density at radius 1 is 1.35 bits per heavy atom. The first-order chi connectivity index (χ1) is 8.05. The molecule has 1 aromatic heterocycles. The molecule has 1 aliphatic heterocycles. The van der Waals surface area contributed by atoms with Gasteiger partial charge in [-0.1, -0.05) is 11.6 Å². The molecule has 2 N–H and O–H groups in total. The van der Waals surface area contributed by atoms with Crippen LogP contribution < -0.4 is 5.32 Å². The van der Waals surface area contributed by atoms with Gasteiger partial charge in [-0.05, 0) is 19.8 Å². The van der Waals surface area contributed by atoms with Crippen molar-refractivity contribution in [3.05, 3.63) is 16.3 Å². The van der Waals surface area contributed by atoms with E-state index in [2.05, 4.69) is 15.5 Å². The fraction of sp³-hybridized carbons (Fsp3) is 0.636. The Balaban J connectivity index is 1.79. The SMILES string of the molecule is CC1(O)CC(Nc2nnc(Cl)c3c2COC3)C1. The lowest BCUT2D eigenvalue weighted by atomic mass is 9.77. The molecule has 0 bridgehead atoms. The number of ether oxygens (including phenoxy) is 1. The third kappa shape index (κ3) is 1.99. The molecule has 0 spiro atoms. The van der Waals surface area contributed by atoms with Crippen molar-refractivity contribution in [3.8, 4) is 0 Å². The second-order valence-electron chi connectivity index (χ2n) is 5.04. The molecule has 1 aliphatic carbocycles. The van der Waals surface area contributed by atoms with Gasteiger partial charge >= 0.3 is 0 Å². The minimum atomic E-state index is -0.544. The molecule has 1 saturated carbocycles. The summed E-state index contributed by atoms with van der Waals surface area (Å²) in [5, 5.41) is 21.4. The maximum atomic E-state index is 9.68. The molecule has 6 heteroatoms. The van der Waals surface area contributed by atoms with Crippen LogP contribution in [0.2, 0.25) is 5.15 Å². The van der Waals surface area contributed by atoms with Gasteiger partial charge in [0, 0.05) is 17.2 Å². The third-order valence-corrected chi connectivity index (χ3v) is 3.65. The topological polar surface area (TPSA) is 67.3 Å². The van der Waals surface area contributed by atoms with Gasteiger partial charge in [0.2, 0.25) is 0 Å². The van der Waals surface area contributed by atoms with Crippen LogP contribution in [0.25, 0.3) is 0 Å². The van der Waals surface area contributed by atoms with Gasteiger partial charge in [-0.25, -0.2) is 0 Å². The molecule has 5 nitrogen and oxygen atoms in total. The van der Waals surface area contributed by atoms with Gasteiger partial charge in [0.05, 0.1) is 18.8 Å². The number of anilines is 1. The largest absolute Gasteiger partial charge is 0.390 e. The molecule has 1 aromatic rings. The average Bonchev–Trinajstić information content (AvgIpc) is 2.69. The standard InChI is InChI=1S/C11H14ClN3O2/c1-11(16)2-6(3-11)13-10-8-5-17-4-7(8)9(12)14-15-10/h6,16H,2-5H2,1H3,(H,13,15). The predicted molar refractivity (Wildman–Crippen MR) is 62.8 cm³/mol. The summed E-state index contributed by atoms with van der Waals surface area (Å²) in [7, 11) is 0. The molecule has 17 heavy (non-hydrogen) atoms. The molecule has 0 aromatic carbocycles. The summed E-state index contributed by atoms with van der Waals surface area (Å²) < 4.78 is 5.36. The van der Waals surface area contributed by atoms with Crippen molar-refractivity contribution in [3.63, 3.8) is 0 Å². The number of halogens is 1. The monoisotopic (exact) mass is 255 g/mol. The maximum Gasteiger partial charge on any atom is 0.157 e. The number of nitrogens with one attached hydrogen (secondary N) is 1. The van der Waals surface area contributed by atoms with Gasteiger partial charge in [-0.15, -0.1) is 10.2 Å². The van der Waals surface area contributed by atoms with E-state index in [4.69, 9.17) is 16.3 Å². The zero-order valence-corrected chi connectivity index (χ0v) is 10.3. The van der Waals surface area contributed by atoms with Crippen molar-refractivity contribution < 1.29 is 9.84 Å². The van der Waals surface area contributed by atoms with E-state index in [1.165, 1.54) is 0 Å². The Bertz CT molecular complexity index is 456. The second-order valence-corrected chi connectivity index (χ2v) is 5.39. The van der Waals surface area contributed by atoms with Gasteiger partial charge in [0.15, 0.2) is 11.0 Å². The normalized spacial score (nSPS) is 30.9. The van der Waals surface area contributed by atoms with Gasteiger partial charge in [0.1, 0.15) is 0 Å². The number of aliphatic hydroxyl groups is 1. The van der Waals surface area contributed by atoms with Crippen LogP contribution in [0.15, 0.2) is 0 Å². The zero-order chi connectivity index (χ0) is 12.0. The highest BCUT2D eigenvalue weighted by molar-refractivity contribution is 6.30. The van der Waals surface area contributed by atoms with Crippen LogP contribution in [-0.2, 0) is 18.0 Å². The minimum absolute atomic E-state index is 0.255. The number of aromatic nitrogens is 2. The van der Waals surface area contributed by atoms with E-state index >= 15 is 0 Å². The molecule has 0 saturated heterocycles. The Kier molecular flexibility index (Phi) is 2.50. The highest BCUT2D eigenvalue weighted by Gasteiger charge is 2.39. The first-order valence-corrected chi connectivity index (χ1v) is 6.03. The molecule has 0 unspecified atom stereocenters. The number of nitrogens with zero attached hydrogens (tertiary/aromatic N) is 2. The summed E-state index contributed by atoms with van der Waals surface area (Å²) >= 11 is 5.95. The molecular weight excluding hydrogens is 242 g/mol. The number of rotatable bonds is 2. The zero-order valence-electron chi connectivity index (χ0n) is 9.53. The number of hydrogen-bond acceptors (Lipinski definition) is 5. The lowest BCUT2D eigenvalue weighted by Gasteiger charge is -2.41. The first kappa shape index (κ1) is 11.2. The minimum Gasteiger partial charge on any atom is -0.390 e. The van der Waals surface area contributed by atoms with Crippen molar-refractivity contribution in [1.29, 1.82) is 0 Å². The second kappa shape index (κ2) is 3.80. The van der Waals surface area contributed by atoms with Crippen molar-refractivity contribution in [2.24, 2.45) is 0 Å². The van der Waals surface area contributed by atoms with Gasteiger partial charge in [-0.2, -0.15) is 0 Å². The van der Waals surface area contributed by atoms with Crippen molar-refractivity contribution in [2.75, 3.05) is 5.32 Å². The summed E-state index contributed by atoms with van der Waals surface area (Å²) in [6.45, 7) is 2.86. The van der Waals surface area contributed by atoms with Gasteiger partial charge in [-0.3, -0.25) is 0 Å². The number of fused-ring (bicyclic) bond motifs is 1. The van der Waals surface area contributed by atoms with Crippen molar-refractivity contribution >= 4 is 17.4 Å². The summed E-state index contributed by atoms with van der Waals surface area (Å²) in [4.78, 5) is 0. The highest BCUT2D eigenvalue weighted by Crippen LogP contribution is 2.36. The Hall–Kier alpha value is -0.910. The number of hydrogen-bond donors (Lipinski definition) is 2. The predicted octanol–water partition coefficient (Wildman–Crippen LogP) is 1.49. The summed E-state index contributed by atoms with van der Waals surface area (Å²) in [6, 6.07) is 0.255. The summed E-state index contributed by atoms with van der Waals surface area (Å²) in [5.41, 5.74) is 1.38. The van der Waals surface area contributed by atoms with E-state index < -0.39 is 5.60 Å². The van der Waals surface area contributed by atoms with Gasteiger partial charge < -0.3 is 15.2 Å². The molecular formula is C11H14ClN3O2. The smallest absolute Gasteiger partial charge is 0.157 e. The van der Waals surface area contributed by atoms with Crippen LogP contribution in [0.5, 0.6) is 0 Å². The fourth-order valence-electron chi connectivity index (χ4n) is 2.45. The summed E-state index contributed by atoms with van der Waals surface area (Å²) in [6.07, 6.45) is 1.46. The fourth-order valence-corrected chi connectivity index (χ4v) is 2.66. The third-order valence-electron chi connectivity index (χ3n) is 3.34. The molecule has 0 radical (unpaired) electrons. The average molecular weight is 256 g/mol. The summed E-state index contributed by atoms with van der Waals surface area (Å²) in [5.74, 6) is 0.738. The van der Waals surface area contributed by atoms with E-state index in [0.717, 1.165) is 29.8 Å². The lowest BCUT2D eigenvalue weighted by molar-refractivity contribution is -0.0235. The van der Waals surface area contributed by atoms with Gasteiger partial charge in [0.25, 0.3) is 0 Å². The van der Waals surface area contributed by atoms with E-state index in [9.17, 15) is 5.11 Å². The van der Waals surface area contributed by atoms with Crippen LogP contribution in [-0.4, -0.2) is 26.9 Å². The molecule has 1 fully saturated rings. The van der Waals surface area contributed by atoms with Crippen LogP contribution in [0.4, 0.5) is 5.82 Å².